The summed E-state index contributed by atoms with van der Waals surface area (Å²) < 4.78 is 35.1. The van der Waals surface area contributed by atoms with Crippen LogP contribution in [0.3, 0.4) is 0 Å². The summed E-state index contributed by atoms with van der Waals surface area (Å²) in [7, 11) is 1.58. The summed E-state index contributed by atoms with van der Waals surface area (Å²) in [5, 5.41) is 6.86. The second-order valence-corrected chi connectivity index (χ2v) is 7.46. The molecule has 2 heterocycles. The topological polar surface area (TPSA) is 56.1 Å². The van der Waals surface area contributed by atoms with E-state index in [1.165, 1.54) is 17.8 Å². The van der Waals surface area contributed by atoms with E-state index in [2.05, 4.69) is 10.4 Å². The molecule has 1 N–H and O–H groups in total. The first-order valence-corrected chi connectivity index (χ1v) is 9.63. The number of fused-ring (bicyclic) bond motifs is 1. The number of methoxy groups -OCH3 is 1. The van der Waals surface area contributed by atoms with Crippen LogP contribution < -0.4 is 10.1 Å². The maximum absolute atomic E-state index is 14.5. The molecule has 3 aromatic rings. The zero-order valence-electron chi connectivity index (χ0n) is 15.2. The predicted molar refractivity (Wildman–Crippen MR) is 104 cm³/mol. The van der Waals surface area contributed by atoms with Crippen LogP contribution in [0.25, 0.3) is 5.69 Å². The number of nitrogens with zero attached hydrogens (tertiary/aromatic N) is 2. The maximum Gasteiger partial charge on any atom is 0.235 e. The van der Waals surface area contributed by atoms with Crippen LogP contribution in [0, 0.1) is 18.6 Å². The predicted octanol–water partition coefficient (Wildman–Crippen LogP) is 4.24. The smallest absolute Gasteiger partial charge is 0.235 e. The van der Waals surface area contributed by atoms with Crippen molar-refractivity contribution in [3.8, 4) is 11.4 Å². The number of benzene rings is 2. The molecule has 4 rings (SSSR count). The summed E-state index contributed by atoms with van der Waals surface area (Å²) in [6.45, 7) is 1.79. The molecule has 5 nitrogen and oxygen atoms in total. The number of aromatic nitrogens is 2. The van der Waals surface area contributed by atoms with Gasteiger partial charge in [-0.1, -0.05) is 0 Å². The Hall–Kier alpha value is -2.87. The van der Waals surface area contributed by atoms with Gasteiger partial charge in [-0.3, -0.25) is 4.79 Å². The molecule has 0 saturated carbocycles. The molecule has 1 amide bonds. The Morgan fingerprint density at radius 2 is 1.96 bits per heavy atom. The second kappa shape index (κ2) is 7.27. The van der Waals surface area contributed by atoms with Gasteiger partial charge >= 0.3 is 0 Å². The molecule has 0 radical (unpaired) electrons. The first-order chi connectivity index (χ1) is 13.5. The summed E-state index contributed by atoms with van der Waals surface area (Å²) in [4.78, 5) is 12.3. The summed E-state index contributed by atoms with van der Waals surface area (Å²) >= 11 is 1.25. The van der Waals surface area contributed by atoms with Gasteiger partial charge in [0.05, 0.1) is 29.5 Å². The van der Waals surface area contributed by atoms with Crippen LogP contribution >= 0.6 is 11.8 Å². The molecule has 0 spiro atoms. The molecule has 0 saturated heterocycles. The molecule has 1 aromatic heterocycles. The number of carbonyl (C=O) groups excluding carboxylic acids is 1. The fourth-order valence-corrected chi connectivity index (χ4v) is 4.45. The molecule has 0 fully saturated rings. The zero-order chi connectivity index (χ0) is 19.8. The lowest BCUT2D eigenvalue weighted by Gasteiger charge is -2.16. The largest absolute Gasteiger partial charge is 0.497 e. The van der Waals surface area contributed by atoms with Crippen molar-refractivity contribution in [2.24, 2.45) is 0 Å². The van der Waals surface area contributed by atoms with Crippen molar-refractivity contribution in [1.29, 1.82) is 0 Å². The fraction of sp³-hybridized carbons (Fsp3) is 0.200. The Bertz CT molecular complexity index is 1050. The number of hydrogen-bond acceptors (Lipinski definition) is 4. The number of ether oxygens (including phenoxy) is 1. The molecule has 0 aliphatic carbocycles. The van der Waals surface area contributed by atoms with E-state index < -0.39 is 16.9 Å². The minimum Gasteiger partial charge on any atom is -0.497 e. The molecule has 28 heavy (non-hydrogen) atoms. The van der Waals surface area contributed by atoms with Crippen molar-refractivity contribution in [3.05, 3.63) is 70.9 Å². The fourth-order valence-electron chi connectivity index (χ4n) is 3.26. The summed E-state index contributed by atoms with van der Waals surface area (Å²) in [6, 6.07) is 10.6. The highest BCUT2D eigenvalue weighted by molar-refractivity contribution is 8.00. The molecule has 1 aliphatic heterocycles. The van der Waals surface area contributed by atoms with Crippen LogP contribution in [0.15, 0.2) is 42.5 Å². The number of thioether (sulfide) groups is 1. The number of nitrogens with one attached hydrogen (secondary N) is 1. The minimum atomic E-state index is -0.559. The van der Waals surface area contributed by atoms with Gasteiger partial charge in [-0.25, -0.2) is 13.5 Å². The van der Waals surface area contributed by atoms with Crippen LogP contribution in [0.5, 0.6) is 5.75 Å². The number of hydrogen-bond donors (Lipinski definition) is 1. The van der Waals surface area contributed by atoms with Crippen LogP contribution in [0.1, 0.15) is 22.1 Å². The van der Waals surface area contributed by atoms with Crippen molar-refractivity contribution < 1.29 is 18.3 Å². The SMILES string of the molecule is COc1ccc(-n2nc(C)c3c2NC(=O)CSC3c2cc(F)ccc2F)cc1. The summed E-state index contributed by atoms with van der Waals surface area (Å²) in [5.41, 5.74) is 2.21. The van der Waals surface area contributed by atoms with E-state index in [1.54, 1.807) is 30.8 Å². The molecular formula is C20H17F2N3O2S. The highest BCUT2D eigenvalue weighted by atomic mass is 32.2. The van der Waals surface area contributed by atoms with E-state index >= 15 is 0 Å². The number of rotatable bonds is 3. The average molecular weight is 401 g/mol. The Balaban J connectivity index is 1.88. The number of carbonyl (C=O) groups is 1. The van der Waals surface area contributed by atoms with Crippen molar-refractivity contribution in [2.75, 3.05) is 18.2 Å². The molecule has 2 aromatic carbocycles. The Labute approximate surface area is 164 Å². The van der Waals surface area contributed by atoms with E-state index in [0.717, 1.165) is 17.8 Å². The lowest BCUT2D eigenvalue weighted by molar-refractivity contribution is -0.113. The van der Waals surface area contributed by atoms with Gasteiger partial charge in [0.2, 0.25) is 5.91 Å². The molecule has 1 unspecified atom stereocenters. The lowest BCUT2D eigenvalue weighted by Crippen LogP contribution is -2.15. The van der Waals surface area contributed by atoms with E-state index in [0.29, 0.717) is 22.8 Å². The Kier molecular flexibility index (Phi) is 4.80. The van der Waals surface area contributed by atoms with Crippen molar-refractivity contribution >= 4 is 23.5 Å². The van der Waals surface area contributed by atoms with Crippen molar-refractivity contribution in [2.45, 2.75) is 12.2 Å². The number of halogens is 2. The zero-order valence-corrected chi connectivity index (χ0v) is 16.0. The van der Waals surface area contributed by atoms with Gasteiger partial charge in [0.25, 0.3) is 0 Å². The van der Waals surface area contributed by atoms with E-state index in [-0.39, 0.29) is 17.2 Å². The third-order valence-electron chi connectivity index (χ3n) is 4.57. The molecule has 1 aliphatic rings. The van der Waals surface area contributed by atoms with Crippen molar-refractivity contribution in [1.82, 2.24) is 9.78 Å². The van der Waals surface area contributed by atoms with Crippen LogP contribution in [0.2, 0.25) is 0 Å². The quantitative estimate of drug-likeness (QED) is 0.713. The van der Waals surface area contributed by atoms with E-state index in [9.17, 15) is 13.6 Å². The van der Waals surface area contributed by atoms with Crippen LogP contribution in [0.4, 0.5) is 14.6 Å². The standard InChI is InChI=1S/C20H17F2N3O2S/c1-11-18-19(15-9-12(21)3-8-16(15)22)28-10-17(26)23-20(18)25(24-11)13-4-6-14(27-2)7-5-13/h3-9,19H,10H2,1-2H3,(H,23,26). The number of aryl methyl sites for hydroxylation is 1. The van der Waals surface area contributed by atoms with Crippen LogP contribution in [-0.4, -0.2) is 28.6 Å². The Morgan fingerprint density at radius 1 is 1.21 bits per heavy atom. The van der Waals surface area contributed by atoms with Gasteiger partial charge in [0.15, 0.2) is 0 Å². The Morgan fingerprint density at radius 3 is 2.68 bits per heavy atom. The summed E-state index contributed by atoms with van der Waals surface area (Å²) in [5.74, 6) is 0.0137. The molecule has 0 bridgehead atoms. The van der Waals surface area contributed by atoms with Gasteiger partial charge in [-0.2, -0.15) is 5.10 Å². The van der Waals surface area contributed by atoms with Crippen LogP contribution in [-0.2, 0) is 4.79 Å². The minimum absolute atomic E-state index is 0.122. The average Bonchev–Trinajstić information content (AvgIpc) is 2.90. The third kappa shape index (κ3) is 3.24. The van der Waals surface area contributed by atoms with Crippen molar-refractivity contribution in [3.63, 3.8) is 0 Å². The van der Waals surface area contributed by atoms with E-state index in [1.807, 2.05) is 12.1 Å². The van der Waals surface area contributed by atoms with Gasteiger partial charge < -0.3 is 10.1 Å². The first kappa shape index (κ1) is 18.5. The number of anilines is 1. The number of amides is 1. The molecule has 144 valence electrons. The normalized spacial score (nSPS) is 16.3. The first-order valence-electron chi connectivity index (χ1n) is 8.58. The maximum atomic E-state index is 14.5. The summed E-state index contributed by atoms with van der Waals surface area (Å²) in [6.07, 6.45) is 0. The lowest BCUT2D eigenvalue weighted by atomic mass is 10.0. The monoisotopic (exact) mass is 401 g/mol. The van der Waals surface area contributed by atoms with E-state index in [4.69, 9.17) is 4.74 Å². The highest BCUT2D eigenvalue weighted by Crippen LogP contribution is 2.44. The highest BCUT2D eigenvalue weighted by Gasteiger charge is 2.32. The van der Waals surface area contributed by atoms with Gasteiger partial charge in [0, 0.05) is 11.1 Å². The van der Waals surface area contributed by atoms with Gasteiger partial charge in [-0.15, -0.1) is 11.8 Å². The van der Waals surface area contributed by atoms with Gasteiger partial charge in [-0.05, 0) is 49.4 Å². The van der Waals surface area contributed by atoms with Gasteiger partial charge in [0.1, 0.15) is 23.2 Å². The molecule has 1 atom stereocenters. The molecule has 8 heteroatoms. The second-order valence-electron chi connectivity index (χ2n) is 6.36. The third-order valence-corrected chi connectivity index (χ3v) is 5.82. The molecular weight excluding hydrogens is 384 g/mol.